The summed E-state index contributed by atoms with van der Waals surface area (Å²) < 4.78 is 27.1. The number of rotatable bonds is 5. The van der Waals surface area contributed by atoms with Crippen LogP contribution in [0.4, 0.5) is 0 Å². The highest BCUT2D eigenvalue weighted by atomic mass is 32.2. The van der Waals surface area contributed by atoms with Crippen LogP contribution in [0.25, 0.3) is 0 Å². The minimum atomic E-state index is -3.46. The summed E-state index contributed by atoms with van der Waals surface area (Å²) in [6.07, 6.45) is 3.77. The maximum atomic E-state index is 12.2. The van der Waals surface area contributed by atoms with Crippen molar-refractivity contribution < 1.29 is 18.3 Å². The molecule has 20 heavy (non-hydrogen) atoms. The maximum absolute atomic E-state index is 12.2. The van der Waals surface area contributed by atoms with Crippen LogP contribution in [0.3, 0.4) is 0 Å². The van der Waals surface area contributed by atoms with E-state index >= 15 is 0 Å². The smallest absolute Gasteiger partial charge is 0.335 e. The molecule has 110 valence electrons. The minimum Gasteiger partial charge on any atom is -0.478 e. The van der Waals surface area contributed by atoms with E-state index in [2.05, 4.69) is 4.72 Å². The van der Waals surface area contributed by atoms with Crippen LogP contribution in [0.15, 0.2) is 24.3 Å². The summed E-state index contributed by atoms with van der Waals surface area (Å²) in [4.78, 5) is 10.9. The second-order valence-corrected chi connectivity index (χ2v) is 7.36. The SMILES string of the molecule is CC1(NS(=O)(=O)Cc2cccc(C(=O)O)c2)CCCC1. The molecule has 0 saturated heterocycles. The van der Waals surface area contributed by atoms with Gasteiger partial charge in [-0.1, -0.05) is 25.0 Å². The molecule has 0 aromatic heterocycles. The van der Waals surface area contributed by atoms with Crippen LogP contribution < -0.4 is 4.72 Å². The first-order valence-corrected chi connectivity index (χ1v) is 8.29. The molecule has 0 amide bonds. The number of carboxylic acids is 1. The quantitative estimate of drug-likeness (QED) is 0.872. The van der Waals surface area contributed by atoms with Gasteiger partial charge in [-0.25, -0.2) is 17.9 Å². The van der Waals surface area contributed by atoms with Gasteiger partial charge in [0.2, 0.25) is 10.0 Å². The Morgan fingerprint density at radius 3 is 2.60 bits per heavy atom. The van der Waals surface area contributed by atoms with Crippen LogP contribution >= 0.6 is 0 Å². The van der Waals surface area contributed by atoms with E-state index in [1.807, 2.05) is 6.92 Å². The predicted octanol–water partition coefficient (Wildman–Crippen LogP) is 2.14. The van der Waals surface area contributed by atoms with Crippen LogP contribution in [-0.4, -0.2) is 25.0 Å². The molecule has 0 spiro atoms. The van der Waals surface area contributed by atoms with Crippen molar-refractivity contribution in [1.82, 2.24) is 4.72 Å². The minimum absolute atomic E-state index is 0.102. The van der Waals surface area contributed by atoms with Crippen molar-refractivity contribution in [2.24, 2.45) is 0 Å². The third kappa shape index (κ3) is 3.80. The zero-order chi connectivity index (χ0) is 14.8. The van der Waals surface area contributed by atoms with Gasteiger partial charge in [0.05, 0.1) is 11.3 Å². The summed E-state index contributed by atoms with van der Waals surface area (Å²) in [7, 11) is -3.46. The van der Waals surface area contributed by atoms with Gasteiger partial charge in [-0.3, -0.25) is 0 Å². The highest BCUT2D eigenvalue weighted by Crippen LogP contribution is 2.30. The first kappa shape index (κ1) is 15.0. The van der Waals surface area contributed by atoms with E-state index in [-0.39, 0.29) is 16.9 Å². The summed E-state index contributed by atoms with van der Waals surface area (Å²) in [6, 6.07) is 6.04. The molecule has 1 aliphatic rings. The summed E-state index contributed by atoms with van der Waals surface area (Å²) in [5.41, 5.74) is 0.229. The van der Waals surface area contributed by atoms with Crippen molar-refractivity contribution in [3.8, 4) is 0 Å². The standard InChI is InChI=1S/C14H19NO4S/c1-14(7-2-3-8-14)15-20(18,19)10-11-5-4-6-12(9-11)13(16)17/h4-6,9,15H,2-3,7-8,10H2,1H3,(H,16,17). The molecule has 1 aliphatic carbocycles. The Kier molecular flexibility index (Phi) is 4.15. The summed E-state index contributed by atoms with van der Waals surface area (Å²) in [6.45, 7) is 1.92. The van der Waals surface area contributed by atoms with E-state index in [9.17, 15) is 13.2 Å². The topological polar surface area (TPSA) is 83.5 Å². The number of sulfonamides is 1. The predicted molar refractivity (Wildman–Crippen MR) is 76.0 cm³/mol. The van der Waals surface area contributed by atoms with Gasteiger partial charge in [-0.15, -0.1) is 0 Å². The van der Waals surface area contributed by atoms with Gasteiger partial charge >= 0.3 is 5.97 Å². The Morgan fingerprint density at radius 2 is 2.00 bits per heavy atom. The zero-order valence-corrected chi connectivity index (χ0v) is 12.2. The second-order valence-electron chi connectivity index (χ2n) is 5.63. The highest BCUT2D eigenvalue weighted by molar-refractivity contribution is 7.88. The third-order valence-corrected chi connectivity index (χ3v) is 5.16. The van der Waals surface area contributed by atoms with Gasteiger partial charge in [0.15, 0.2) is 0 Å². The van der Waals surface area contributed by atoms with Gasteiger partial charge in [0.25, 0.3) is 0 Å². The summed E-state index contributed by atoms with van der Waals surface area (Å²) >= 11 is 0. The van der Waals surface area contributed by atoms with Gasteiger partial charge in [-0.05, 0) is 37.5 Å². The zero-order valence-electron chi connectivity index (χ0n) is 11.4. The fourth-order valence-electron chi connectivity index (χ4n) is 2.68. The number of benzene rings is 1. The monoisotopic (exact) mass is 297 g/mol. The van der Waals surface area contributed by atoms with Crippen LogP contribution in [0, 0.1) is 0 Å². The lowest BCUT2D eigenvalue weighted by molar-refractivity contribution is 0.0696. The fraction of sp³-hybridized carbons (Fsp3) is 0.500. The van der Waals surface area contributed by atoms with E-state index in [0.717, 1.165) is 25.7 Å². The molecule has 2 N–H and O–H groups in total. The molecular weight excluding hydrogens is 278 g/mol. The van der Waals surface area contributed by atoms with Crippen molar-refractivity contribution in [2.45, 2.75) is 43.9 Å². The molecule has 1 aromatic carbocycles. The van der Waals surface area contributed by atoms with Gasteiger partial charge in [-0.2, -0.15) is 0 Å². The van der Waals surface area contributed by atoms with E-state index in [1.165, 1.54) is 12.1 Å². The van der Waals surface area contributed by atoms with Crippen molar-refractivity contribution in [3.63, 3.8) is 0 Å². The Hall–Kier alpha value is -1.40. The first-order chi connectivity index (χ1) is 9.30. The number of nitrogens with one attached hydrogen (secondary N) is 1. The van der Waals surface area contributed by atoms with Crippen molar-refractivity contribution in [2.75, 3.05) is 0 Å². The molecule has 6 heteroatoms. The average molecular weight is 297 g/mol. The molecule has 0 heterocycles. The highest BCUT2D eigenvalue weighted by Gasteiger charge is 2.32. The molecule has 0 atom stereocenters. The largest absolute Gasteiger partial charge is 0.478 e. The molecule has 1 aromatic rings. The van der Waals surface area contributed by atoms with Crippen molar-refractivity contribution in [1.29, 1.82) is 0 Å². The lowest BCUT2D eigenvalue weighted by Crippen LogP contribution is -2.44. The van der Waals surface area contributed by atoms with Crippen molar-refractivity contribution in [3.05, 3.63) is 35.4 Å². The Morgan fingerprint density at radius 1 is 1.35 bits per heavy atom. The lowest BCUT2D eigenvalue weighted by Gasteiger charge is -2.24. The van der Waals surface area contributed by atoms with E-state index in [0.29, 0.717) is 5.56 Å². The van der Waals surface area contributed by atoms with Crippen LogP contribution in [0.1, 0.15) is 48.5 Å². The number of hydrogen-bond donors (Lipinski definition) is 2. The van der Waals surface area contributed by atoms with Gasteiger partial charge in [0, 0.05) is 5.54 Å². The molecule has 5 nitrogen and oxygen atoms in total. The molecule has 2 rings (SSSR count). The molecule has 0 bridgehead atoms. The number of hydrogen-bond acceptors (Lipinski definition) is 3. The Balaban J connectivity index is 2.12. The van der Waals surface area contributed by atoms with Crippen LogP contribution in [0.5, 0.6) is 0 Å². The molecule has 0 aliphatic heterocycles. The van der Waals surface area contributed by atoms with Gasteiger partial charge in [0.1, 0.15) is 0 Å². The fourth-order valence-corrected chi connectivity index (χ4v) is 4.33. The molecular formula is C14H19NO4S. The normalized spacial score (nSPS) is 18.1. The second kappa shape index (κ2) is 5.54. The van der Waals surface area contributed by atoms with E-state index in [1.54, 1.807) is 12.1 Å². The number of carboxylic acid groups (broad SMARTS) is 1. The first-order valence-electron chi connectivity index (χ1n) is 6.64. The average Bonchev–Trinajstić information content (AvgIpc) is 2.74. The number of aromatic carboxylic acids is 1. The lowest BCUT2D eigenvalue weighted by atomic mass is 10.0. The van der Waals surface area contributed by atoms with Gasteiger partial charge < -0.3 is 5.11 Å². The molecule has 0 unspecified atom stereocenters. The number of carbonyl (C=O) groups is 1. The third-order valence-electron chi connectivity index (χ3n) is 3.64. The van der Waals surface area contributed by atoms with Crippen LogP contribution in [-0.2, 0) is 15.8 Å². The molecule has 1 saturated carbocycles. The summed E-state index contributed by atoms with van der Waals surface area (Å²) in [5, 5.41) is 8.91. The molecule has 0 radical (unpaired) electrons. The van der Waals surface area contributed by atoms with E-state index < -0.39 is 16.0 Å². The van der Waals surface area contributed by atoms with Crippen molar-refractivity contribution >= 4 is 16.0 Å². The maximum Gasteiger partial charge on any atom is 0.335 e. The Bertz CT molecular complexity index is 603. The molecule has 1 fully saturated rings. The van der Waals surface area contributed by atoms with E-state index in [4.69, 9.17) is 5.11 Å². The Labute approximate surface area is 119 Å². The van der Waals surface area contributed by atoms with Crippen LogP contribution in [0.2, 0.25) is 0 Å². The summed E-state index contributed by atoms with van der Waals surface area (Å²) in [5.74, 6) is -1.25.